The van der Waals surface area contributed by atoms with Gasteiger partial charge in [0.05, 0.1) is 19.6 Å². The van der Waals surface area contributed by atoms with Crippen LogP contribution >= 0.6 is 11.6 Å². The van der Waals surface area contributed by atoms with E-state index in [9.17, 15) is 4.79 Å². The van der Waals surface area contributed by atoms with Gasteiger partial charge in [-0.05, 0) is 36.4 Å². The fourth-order valence-corrected chi connectivity index (χ4v) is 3.75. The number of hydrogen-bond acceptors (Lipinski definition) is 3. The molecule has 1 fully saturated rings. The fourth-order valence-electron chi connectivity index (χ4n) is 3.63. The van der Waals surface area contributed by atoms with Gasteiger partial charge in [-0.3, -0.25) is 4.79 Å². The third-order valence-electron chi connectivity index (χ3n) is 5.24. The molecule has 1 amide bonds. The molecule has 1 saturated heterocycles. The highest BCUT2D eigenvalue weighted by atomic mass is 35.5. The molecular weight excluding hydrogens is 374 g/mol. The molecule has 0 radical (unpaired) electrons. The Bertz CT molecular complexity index is 756. The van der Waals surface area contributed by atoms with Gasteiger partial charge in [-0.25, -0.2) is 0 Å². The molecular formula is C22H29ClN3O2+. The summed E-state index contributed by atoms with van der Waals surface area (Å²) in [5.74, 6) is 0.531. The summed E-state index contributed by atoms with van der Waals surface area (Å²) in [6, 6.07) is 15.9. The van der Waals surface area contributed by atoms with E-state index >= 15 is 0 Å². The zero-order valence-corrected chi connectivity index (χ0v) is 17.3. The molecule has 0 saturated carbocycles. The summed E-state index contributed by atoms with van der Waals surface area (Å²) >= 11 is 5.87. The van der Waals surface area contributed by atoms with Gasteiger partial charge in [0.2, 0.25) is 0 Å². The second-order valence-corrected chi connectivity index (χ2v) is 7.89. The number of amides is 1. The molecule has 5 nitrogen and oxygen atoms in total. The summed E-state index contributed by atoms with van der Waals surface area (Å²) in [6.07, 6.45) is 2.49. The van der Waals surface area contributed by atoms with Crippen LogP contribution in [0.15, 0.2) is 48.5 Å². The highest BCUT2D eigenvalue weighted by molar-refractivity contribution is 6.30. The van der Waals surface area contributed by atoms with Crippen LogP contribution in [0.25, 0.3) is 0 Å². The van der Waals surface area contributed by atoms with Gasteiger partial charge >= 0.3 is 0 Å². The van der Waals surface area contributed by atoms with Gasteiger partial charge < -0.3 is 19.9 Å². The van der Waals surface area contributed by atoms with Crippen molar-refractivity contribution in [2.45, 2.75) is 18.9 Å². The van der Waals surface area contributed by atoms with E-state index in [4.69, 9.17) is 16.3 Å². The zero-order chi connectivity index (χ0) is 19.9. The lowest BCUT2D eigenvalue weighted by Crippen LogP contribution is -3.11. The number of carbonyl (C=O) groups is 1. The van der Waals surface area contributed by atoms with Crippen LogP contribution in [0.5, 0.6) is 5.75 Å². The lowest BCUT2D eigenvalue weighted by Gasteiger charge is -2.26. The third kappa shape index (κ3) is 5.63. The average Bonchev–Trinajstić information content (AvgIpc) is 3.22. The van der Waals surface area contributed by atoms with Crippen LogP contribution in [0, 0.1) is 0 Å². The van der Waals surface area contributed by atoms with E-state index in [1.807, 2.05) is 14.1 Å². The minimum atomic E-state index is -0.108. The standard InChI is InChI=1S/C22H28ClN3O2/c1-25(2)19-9-5-17(6-10-19)21(26-13-3-4-14-26)15-24-22(27)16-28-20-11-7-18(23)8-12-20/h5-12,21H,3-4,13-16H2,1-2H3,(H,24,27)/p+1/t21-/m0/s1. The van der Waals surface area contributed by atoms with Gasteiger partial charge in [0, 0.05) is 43.2 Å². The van der Waals surface area contributed by atoms with Gasteiger partial charge in [0.25, 0.3) is 5.91 Å². The second-order valence-electron chi connectivity index (χ2n) is 7.45. The lowest BCUT2D eigenvalue weighted by molar-refractivity contribution is -0.918. The zero-order valence-electron chi connectivity index (χ0n) is 16.6. The molecule has 0 unspecified atom stereocenters. The van der Waals surface area contributed by atoms with E-state index in [1.54, 1.807) is 24.3 Å². The van der Waals surface area contributed by atoms with Crippen LogP contribution in [0.2, 0.25) is 5.02 Å². The van der Waals surface area contributed by atoms with Crippen molar-refractivity contribution >= 4 is 23.2 Å². The largest absolute Gasteiger partial charge is 0.484 e. The molecule has 2 N–H and O–H groups in total. The number of rotatable bonds is 8. The van der Waals surface area contributed by atoms with Crippen molar-refractivity contribution in [2.24, 2.45) is 0 Å². The molecule has 0 spiro atoms. The Hall–Kier alpha value is -2.24. The van der Waals surface area contributed by atoms with Gasteiger partial charge in [-0.15, -0.1) is 0 Å². The molecule has 0 aromatic heterocycles. The Morgan fingerprint density at radius 2 is 1.75 bits per heavy atom. The lowest BCUT2D eigenvalue weighted by atomic mass is 10.0. The number of benzene rings is 2. The van der Waals surface area contributed by atoms with Crippen LogP contribution in [0.3, 0.4) is 0 Å². The molecule has 28 heavy (non-hydrogen) atoms. The Balaban J connectivity index is 1.58. The predicted molar refractivity (Wildman–Crippen MR) is 113 cm³/mol. The van der Waals surface area contributed by atoms with Crippen LogP contribution in [-0.4, -0.2) is 46.2 Å². The van der Waals surface area contributed by atoms with Crippen LogP contribution in [-0.2, 0) is 4.79 Å². The van der Waals surface area contributed by atoms with Crippen molar-refractivity contribution in [3.8, 4) is 5.75 Å². The summed E-state index contributed by atoms with van der Waals surface area (Å²) in [5.41, 5.74) is 2.45. The normalized spacial score (nSPS) is 15.2. The monoisotopic (exact) mass is 402 g/mol. The molecule has 3 rings (SSSR count). The number of ether oxygens (including phenoxy) is 1. The van der Waals surface area contributed by atoms with Gasteiger partial charge in [0.15, 0.2) is 6.61 Å². The Labute approximate surface area is 172 Å². The molecule has 2 aromatic rings. The maximum atomic E-state index is 12.3. The van der Waals surface area contributed by atoms with Crippen molar-refractivity contribution in [3.05, 3.63) is 59.1 Å². The summed E-state index contributed by atoms with van der Waals surface area (Å²) in [6.45, 7) is 2.91. The quantitative estimate of drug-likeness (QED) is 0.712. The van der Waals surface area contributed by atoms with Gasteiger partial charge in [-0.1, -0.05) is 23.7 Å². The number of anilines is 1. The van der Waals surface area contributed by atoms with E-state index in [-0.39, 0.29) is 18.6 Å². The molecule has 6 heteroatoms. The Morgan fingerprint density at radius 1 is 1.11 bits per heavy atom. The number of nitrogens with one attached hydrogen (secondary N) is 2. The molecule has 1 aliphatic rings. The number of carbonyl (C=O) groups excluding carboxylic acids is 1. The number of halogens is 1. The van der Waals surface area contributed by atoms with E-state index in [2.05, 4.69) is 34.5 Å². The summed E-state index contributed by atoms with van der Waals surface area (Å²) < 4.78 is 5.55. The van der Waals surface area contributed by atoms with Gasteiger partial charge in [0.1, 0.15) is 11.8 Å². The van der Waals surface area contributed by atoms with E-state index in [1.165, 1.54) is 29.0 Å². The first-order chi connectivity index (χ1) is 13.5. The first kappa shape index (κ1) is 20.5. The first-order valence-electron chi connectivity index (χ1n) is 9.80. The molecule has 150 valence electrons. The summed E-state index contributed by atoms with van der Waals surface area (Å²) in [4.78, 5) is 15.9. The van der Waals surface area contributed by atoms with Crippen molar-refractivity contribution in [2.75, 3.05) is 45.2 Å². The predicted octanol–water partition coefficient (Wildman–Crippen LogP) is 2.32. The van der Waals surface area contributed by atoms with Crippen molar-refractivity contribution < 1.29 is 14.4 Å². The number of hydrogen-bond donors (Lipinski definition) is 2. The van der Waals surface area contributed by atoms with Crippen LogP contribution in [0.1, 0.15) is 24.4 Å². The number of nitrogens with zero attached hydrogens (tertiary/aromatic N) is 1. The minimum Gasteiger partial charge on any atom is -0.484 e. The van der Waals surface area contributed by atoms with Crippen molar-refractivity contribution in [1.82, 2.24) is 5.32 Å². The SMILES string of the molecule is CN(C)c1ccc([C@H](CNC(=O)COc2ccc(Cl)cc2)[NH+]2CCCC2)cc1. The van der Waals surface area contributed by atoms with Crippen LogP contribution in [0.4, 0.5) is 5.69 Å². The van der Waals surface area contributed by atoms with Crippen molar-refractivity contribution in [3.63, 3.8) is 0 Å². The highest BCUT2D eigenvalue weighted by Gasteiger charge is 2.27. The molecule has 1 atom stereocenters. The highest BCUT2D eigenvalue weighted by Crippen LogP contribution is 2.17. The molecule has 1 heterocycles. The van der Waals surface area contributed by atoms with Crippen molar-refractivity contribution in [1.29, 1.82) is 0 Å². The number of quaternary nitrogens is 1. The Morgan fingerprint density at radius 3 is 2.36 bits per heavy atom. The topological polar surface area (TPSA) is 46.0 Å². The fraction of sp³-hybridized carbons (Fsp3) is 0.409. The number of likely N-dealkylation sites (tertiary alicyclic amines) is 1. The minimum absolute atomic E-state index is 0.00323. The Kier molecular flexibility index (Phi) is 7.18. The second kappa shape index (κ2) is 9.80. The van der Waals surface area contributed by atoms with E-state index in [0.29, 0.717) is 17.3 Å². The van der Waals surface area contributed by atoms with E-state index in [0.717, 1.165) is 13.1 Å². The van der Waals surface area contributed by atoms with E-state index < -0.39 is 0 Å². The third-order valence-corrected chi connectivity index (χ3v) is 5.49. The summed E-state index contributed by atoms with van der Waals surface area (Å²) in [5, 5.41) is 3.70. The van der Waals surface area contributed by atoms with Gasteiger partial charge in [-0.2, -0.15) is 0 Å². The molecule has 2 aromatic carbocycles. The molecule has 1 aliphatic heterocycles. The smallest absolute Gasteiger partial charge is 0.258 e. The average molecular weight is 403 g/mol. The molecule has 0 bridgehead atoms. The maximum Gasteiger partial charge on any atom is 0.258 e. The maximum absolute atomic E-state index is 12.3. The molecule has 0 aliphatic carbocycles. The first-order valence-corrected chi connectivity index (χ1v) is 10.2. The summed E-state index contributed by atoms with van der Waals surface area (Å²) in [7, 11) is 4.08. The van der Waals surface area contributed by atoms with Crippen LogP contribution < -0.4 is 19.9 Å².